The number of sulfonamides is 1. The van der Waals surface area contributed by atoms with E-state index in [1.54, 1.807) is 23.0 Å². The van der Waals surface area contributed by atoms with Crippen molar-refractivity contribution in [2.75, 3.05) is 16.3 Å². The number of amides is 1. The van der Waals surface area contributed by atoms with Crippen LogP contribution in [0.1, 0.15) is 36.8 Å². The fourth-order valence-corrected chi connectivity index (χ4v) is 3.79. The molecule has 0 bridgehead atoms. The molecule has 0 spiro atoms. The van der Waals surface area contributed by atoms with Gasteiger partial charge in [-0.15, -0.1) is 0 Å². The van der Waals surface area contributed by atoms with Gasteiger partial charge in [0.05, 0.1) is 23.7 Å². The third kappa shape index (κ3) is 6.48. The van der Waals surface area contributed by atoms with Crippen LogP contribution in [0.4, 0.5) is 11.4 Å². The summed E-state index contributed by atoms with van der Waals surface area (Å²) >= 11 is 6.06. The molecule has 3 aromatic rings. The normalized spacial score (nSPS) is 11.8. The molecular weight excluding hydrogens is 452 g/mol. The molecule has 32 heavy (non-hydrogen) atoms. The third-order valence-corrected chi connectivity index (χ3v) is 4.95. The van der Waals surface area contributed by atoms with E-state index in [1.807, 2.05) is 39.8 Å². The number of nitrogens with zero attached hydrogens (tertiary/aromatic N) is 2. The molecule has 0 aliphatic rings. The van der Waals surface area contributed by atoms with E-state index >= 15 is 0 Å². The van der Waals surface area contributed by atoms with Crippen LogP contribution >= 0.6 is 11.6 Å². The number of aromatic nitrogens is 2. The van der Waals surface area contributed by atoms with Gasteiger partial charge in [-0.2, -0.15) is 0 Å². The number of carbonyl (C=O) groups is 1. The highest BCUT2D eigenvalue weighted by Gasteiger charge is 2.15. The first-order valence-corrected chi connectivity index (χ1v) is 12.0. The van der Waals surface area contributed by atoms with Crippen molar-refractivity contribution in [2.45, 2.75) is 33.3 Å². The Kier molecular flexibility index (Phi) is 6.52. The van der Waals surface area contributed by atoms with Crippen LogP contribution in [-0.4, -0.2) is 35.7 Å². The molecule has 0 aliphatic carbocycles. The molecule has 0 atom stereocenters. The summed E-state index contributed by atoms with van der Waals surface area (Å²) in [5.74, 6) is 0.931. The maximum Gasteiger partial charge on any atom is 0.257 e. The van der Waals surface area contributed by atoms with E-state index in [2.05, 4.69) is 15.0 Å². The number of pyridine rings is 1. The van der Waals surface area contributed by atoms with Crippen LogP contribution in [-0.2, 0) is 10.0 Å². The summed E-state index contributed by atoms with van der Waals surface area (Å²) < 4.78 is 32.9. The maximum absolute atomic E-state index is 12.8. The summed E-state index contributed by atoms with van der Waals surface area (Å²) in [6, 6.07) is 9.86. The van der Waals surface area contributed by atoms with Crippen LogP contribution in [0.3, 0.4) is 0 Å². The third-order valence-electron chi connectivity index (χ3n) is 4.13. The van der Waals surface area contributed by atoms with E-state index in [1.165, 1.54) is 18.2 Å². The molecule has 1 amide bonds. The van der Waals surface area contributed by atoms with Crippen molar-refractivity contribution in [3.8, 4) is 11.6 Å². The first-order valence-electron chi connectivity index (χ1n) is 9.73. The average Bonchev–Trinajstić information content (AvgIpc) is 3.01. The first kappa shape index (κ1) is 23.6. The van der Waals surface area contributed by atoms with Crippen molar-refractivity contribution in [2.24, 2.45) is 0 Å². The van der Waals surface area contributed by atoms with Crippen molar-refractivity contribution >= 4 is 38.9 Å². The Morgan fingerprint density at radius 1 is 1.12 bits per heavy atom. The molecule has 3 rings (SSSR count). The van der Waals surface area contributed by atoms with Gasteiger partial charge < -0.3 is 14.6 Å². The van der Waals surface area contributed by atoms with Gasteiger partial charge in [0.25, 0.3) is 5.91 Å². The number of rotatable bonds is 6. The zero-order valence-electron chi connectivity index (χ0n) is 18.4. The van der Waals surface area contributed by atoms with Crippen LogP contribution < -0.4 is 14.8 Å². The standard InChI is InChI=1S/C22H25ClN4O4S/c1-14-8-15(13-27(14)20-7-6-19(12-24-20)31-22(2,3)4)21(28)25-17-9-16(23)10-18(11-17)26-32(5,29)30/h6-13,26H,1-5H3,(H,25,28). The summed E-state index contributed by atoms with van der Waals surface area (Å²) in [5.41, 5.74) is 1.52. The SMILES string of the molecule is Cc1cc(C(=O)Nc2cc(Cl)cc(NS(C)(=O)=O)c2)cn1-c1ccc(OC(C)(C)C)cn1. The number of benzene rings is 1. The number of carbonyl (C=O) groups excluding carboxylic acids is 1. The molecule has 10 heteroatoms. The molecular formula is C22H25ClN4O4S. The smallest absolute Gasteiger partial charge is 0.257 e. The molecule has 2 heterocycles. The molecule has 1 aromatic carbocycles. The number of aryl methyl sites for hydroxylation is 1. The molecule has 0 unspecified atom stereocenters. The van der Waals surface area contributed by atoms with E-state index in [0.717, 1.165) is 11.9 Å². The molecule has 2 aromatic heterocycles. The highest BCUT2D eigenvalue weighted by atomic mass is 35.5. The van der Waals surface area contributed by atoms with Crippen molar-refractivity contribution in [3.63, 3.8) is 0 Å². The lowest BCUT2D eigenvalue weighted by Crippen LogP contribution is -2.23. The Balaban J connectivity index is 1.79. The van der Waals surface area contributed by atoms with E-state index in [9.17, 15) is 13.2 Å². The lowest BCUT2D eigenvalue weighted by molar-refractivity contribution is 0.102. The zero-order chi connectivity index (χ0) is 23.7. The van der Waals surface area contributed by atoms with Gasteiger partial charge >= 0.3 is 0 Å². The Labute approximate surface area is 192 Å². The largest absolute Gasteiger partial charge is 0.487 e. The van der Waals surface area contributed by atoms with Gasteiger partial charge in [0.2, 0.25) is 10.0 Å². The van der Waals surface area contributed by atoms with E-state index in [0.29, 0.717) is 22.8 Å². The van der Waals surface area contributed by atoms with Gasteiger partial charge in [0.15, 0.2) is 0 Å². The van der Waals surface area contributed by atoms with E-state index in [4.69, 9.17) is 16.3 Å². The summed E-state index contributed by atoms with van der Waals surface area (Å²) in [4.78, 5) is 17.2. The summed E-state index contributed by atoms with van der Waals surface area (Å²) in [6.07, 6.45) is 4.35. The van der Waals surface area contributed by atoms with Crippen molar-refractivity contribution in [1.29, 1.82) is 0 Å². The van der Waals surface area contributed by atoms with Gasteiger partial charge in [-0.25, -0.2) is 13.4 Å². The predicted octanol–water partition coefficient (Wildman–Crippen LogP) is 4.64. The van der Waals surface area contributed by atoms with Crippen molar-refractivity contribution in [1.82, 2.24) is 9.55 Å². The minimum Gasteiger partial charge on any atom is -0.487 e. The predicted molar refractivity (Wildman–Crippen MR) is 127 cm³/mol. The van der Waals surface area contributed by atoms with Gasteiger partial charge in [-0.05, 0) is 64.1 Å². The topological polar surface area (TPSA) is 102 Å². The number of nitrogens with one attached hydrogen (secondary N) is 2. The summed E-state index contributed by atoms with van der Waals surface area (Å²) in [6.45, 7) is 7.75. The molecule has 0 fully saturated rings. The Morgan fingerprint density at radius 3 is 2.41 bits per heavy atom. The first-order chi connectivity index (χ1) is 14.8. The average molecular weight is 477 g/mol. The lowest BCUT2D eigenvalue weighted by atomic mass is 10.2. The Morgan fingerprint density at radius 2 is 1.81 bits per heavy atom. The van der Waals surface area contributed by atoms with Gasteiger partial charge in [0.1, 0.15) is 17.2 Å². The summed E-state index contributed by atoms with van der Waals surface area (Å²) in [5, 5.41) is 3.02. The minimum absolute atomic E-state index is 0.255. The Bertz CT molecular complexity index is 1250. The van der Waals surface area contributed by atoms with Crippen LogP contribution in [0.15, 0.2) is 48.8 Å². The van der Waals surface area contributed by atoms with Crippen LogP contribution in [0.5, 0.6) is 5.75 Å². The number of anilines is 2. The molecule has 0 radical (unpaired) electrons. The van der Waals surface area contributed by atoms with E-state index < -0.39 is 10.0 Å². The van der Waals surface area contributed by atoms with Gasteiger partial charge in [-0.3, -0.25) is 9.52 Å². The molecule has 0 aliphatic heterocycles. The quantitative estimate of drug-likeness (QED) is 0.539. The van der Waals surface area contributed by atoms with Gasteiger partial charge in [-0.1, -0.05) is 11.6 Å². The maximum atomic E-state index is 12.8. The molecule has 170 valence electrons. The van der Waals surface area contributed by atoms with Crippen LogP contribution in [0.25, 0.3) is 5.82 Å². The Hall–Kier alpha value is -3.04. The van der Waals surface area contributed by atoms with Gasteiger partial charge in [0, 0.05) is 22.6 Å². The monoisotopic (exact) mass is 476 g/mol. The lowest BCUT2D eigenvalue weighted by Gasteiger charge is -2.21. The number of ether oxygens (including phenoxy) is 1. The second-order valence-electron chi connectivity index (χ2n) is 8.36. The number of hydrogen-bond donors (Lipinski definition) is 2. The molecule has 0 saturated carbocycles. The fourth-order valence-electron chi connectivity index (χ4n) is 3.01. The highest BCUT2D eigenvalue weighted by Crippen LogP contribution is 2.25. The van der Waals surface area contributed by atoms with E-state index in [-0.39, 0.29) is 22.2 Å². The number of hydrogen-bond acceptors (Lipinski definition) is 5. The second kappa shape index (κ2) is 8.84. The zero-order valence-corrected chi connectivity index (χ0v) is 20.0. The summed E-state index contributed by atoms with van der Waals surface area (Å²) in [7, 11) is -3.48. The highest BCUT2D eigenvalue weighted by molar-refractivity contribution is 7.92. The second-order valence-corrected chi connectivity index (χ2v) is 10.5. The minimum atomic E-state index is -3.48. The molecule has 0 saturated heterocycles. The molecule has 8 nitrogen and oxygen atoms in total. The van der Waals surface area contributed by atoms with Crippen molar-refractivity contribution < 1.29 is 17.9 Å². The molecule has 2 N–H and O–H groups in total. The van der Waals surface area contributed by atoms with Crippen LogP contribution in [0, 0.1) is 6.92 Å². The fraction of sp³-hybridized carbons (Fsp3) is 0.273. The number of halogens is 1. The van der Waals surface area contributed by atoms with Crippen molar-refractivity contribution in [3.05, 3.63) is 65.1 Å². The van der Waals surface area contributed by atoms with Crippen LogP contribution in [0.2, 0.25) is 5.02 Å².